The lowest BCUT2D eigenvalue weighted by Gasteiger charge is -2.27. The van der Waals surface area contributed by atoms with Crippen LogP contribution in [0.1, 0.15) is 49.8 Å². The Balaban J connectivity index is 1.35. The van der Waals surface area contributed by atoms with Gasteiger partial charge in [-0.1, -0.05) is 84.6 Å². The van der Waals surface area contributed by atoms with Gasteiger partial charge in [-0.3, -0.25) is 39.1 Å². The average molecular weight is 955 g/mol. The number of hydrogen-bond donors (Lipinski definition) is 10. The van der Waals surface area contributed by atoms with Crippen molar-refractivity contribution in [3.05, 3.63) is 121 Å². The van der Waals surface area contributed by atoms with Crippen molar-refractivity contribution >= 4 is 63.3 Å². The van der Waals surface area contributed by atoms with Crippen LogP contribution in [-0.2, 0) is 48.0 Å². The molecule has 6 rings (SSSR count). The molecular formula is C51H62N12O7. The van der Waals surface area contributed by atoms with E-state index >= 15 is 0 Å². The molecule has 0 saturated heterocycles. The van der Waals surface area contributed by atoms with Gasteiger partial charge in [0.05, 0.1) is 12.6 Å². The van der Waals surface area contributed by atoms with Gasteiger partial charge in [-0.15, -0.1) is 6.58 Å². The Bertz CT molecular complexity index is 2720. The number of hydrogen-bond acceptors (Lipinski definition) is 9. The van der Waals surface area contributed by atoms with Crippen LogP contribution in [-0.4, -0.2) is 124 Å². The number of para-hydroxylation sites is 2. The third-order valence-corrected chi connectivity index (χ3v) is 11.9. The lowest BCUT2D eigenvalue weighted by molar-refractivity contribution is -0.134. The van der Waals surface area contributed by atoms with Crippen molar-refractivity contribution in [3.8, 4) is 11.8 Å². The standard InChI is InChI=1S/C51H62N12O7/c1-4-23-62-24-13-12-22-41(45(53)64)57-49(68)42(27-34-16-6-5-7-17-34)59-50(69)43(28-35-30-54-39-20-10-8-18-37(35)39)58-47(66)33(3)56-48(67)44(29-36-31-55-40-21-11-9-19-38(36)40)60-51(70)63(26-15-14-25-62)61-46(65)32(2)52/h4-11,16-21,30-33,41-44,54-55H,1,12-13,22-29,52H2,2-3H3,(H2,53,64)(H,56,67)(H,57,68)(H,58,66)(H,59,69)(H,60,70)(H,61,65)/t32-,33-,41-,42+,43-,44+/m0/s1. The lowest BCUT2D eigenvalue weighted by atomic mass is 10.0. The van der Waals surface area contributed by atoms with E-state index in [1.54, 1.807) is 42.7 Å². The summed E-state index contributed by atoms with van der Waals surface area (Å²) in [6, 6.07) is 15.8. The molecule has 6 atom stereocenters. The van der Waals surface area contributed by atoms with Crippen LogP contribution in [0.5, 0.6) is 0 Å². The molecule has 3 heterocycles. The Morgan fingerprint density at radius 3 is 1.89 bits per heavy atom. The van der Waals surface area contributed by atoms with E-state index in [0.29, 0.717) is 37.1 Å². The van der Waals surface area contributed by atoms with E-state index in [-0.39, 0.29) is 38.8 Å². The maximum Gasteiger partial charge on any atom is 0.337 e. The first-order valence-electron chi connectivity index (χ1n) is 23.3. The van der Waals surface area contributed by atoms with Gasteiger partial charge in [-0.25, -0.2) is 9.80 Å². The molecular weight excluding hydrogens is 893 g/mol. The summed E-state index contributed by atoms with van der Waals surface area (Å²) in [6.07, 6.45) is 6.39. The number of carbonyl (C=O) groups is 7. The number of amides is 8. The number of H-pyrrole nitrogens is 2. The first-order chi connectivity index (χ1) is 33.7. The van der Waals surface area contributed by atoms with Crippen molar-refractivity contribution in [2.45, 2.75) is 88.6 Å². The van der Waals surface area contributed by atoms with E-state index in [4.69, 9.17) is 11.5 Å². The molecule has 0 spiro atoms. The molecule has 19 heteroatoms. The second-order valence-corrected chi connectivity index (χ2v) is 17.4. The number of nitrogens with two attached hydrogens (primary N) is 2. The highest BCUT2D eigenvalue weighted by Gasteiger charge is 2.33. The molecule has 8 amide bonds. The summed E-state index contributed by atoms with van der Waals surface area (Å²) in [6.45, 7) is 7.66. The molecule has 0 saturated carbocycles. The minimum absolute atomic E-state index is 0.0280. The molecule has 5 aromatic rings. The van der Waals surface area contributed by atoms with E-state index in [1.165, 1.54) is 13.8 Å². The highest BCUT2D eigenvalue weighted by atomic mass is 16.2. The average Bonchev–Trinajstić information content (AvgIpc) is 3.95. The normalized spacial score (nSPS) is 21.3. The van der Waals surface area contributed by atoms with Crippen molar-refractivity contribution < 1.29 is 33.6 Å². The van der Waals surface area contributed by atoms with Crippen molar-refractivity contribution in [1.29, 1.82) is 0 Å². The maximum absolute atomic E-state index is 14.6. The number of benzene rings is 3. The van der Waals surface area contributed by atoms with Gasteiger partial charge < -0.3 is 48.0 Å². The molecule has 3 aromatic carbocycles. The zero-order valence-electron chi connectivity index (χ0n) is 39.4. The molecule has 12 N–H and O–H groups in total. The monoisotopic (exact) mass is 954 g/mol. The second kappa shape index (κ2) is 24.9. The number of hydrazine groups is 1. The van der Waals surface area contributed by atoms with Crippen LogP contribution in [0.25, 0.3) is 21.8 Å². The molecule has 0 radical (unpaired) electrons. The Labute approximate surface area is 406 Å². The SMILES string of the molecule is C=CCN1CC#CCN(NC(=O)[C@H](C)N)C(=O)N[C@H](Cc2c[nH]c3ccccc23)C(=O)N[C@@H](C)C(=O)N[C@@H](Cc2c[nH]c3ccccc23)C(=O)N[C@H](Cc2ccccc2)C(=O)N[C@H](C(N)=O)CCCC1. The number of urea groups is 1. The van der Waals surface area contributed by atoms with Crippen LogP contribution in [0.3, 0.4) is 0 Å². The Kier molecular flexibility index (Phi) is 18.3. The van der Waals surface area contributed by atoms with Gasteiger partial charge in [0.25, 0.3) is 5.91 Å². The fourth-order valence-electron chi connectivity index (χ4n) is 8.05. The summed E-state index contributed by atoms with van der Waals surface area (Å²) in [5.41, 5.74) is 17.9. The third-order valence-electron chi connectivity index (χ3n) is 11.9. The molecule has 19 nitrogen and oxygen atoms in total. The number of rotatable bonds is 11. The predicted octanol–water partition coefficient (Wildman–Crippen LogP) is 1.56. The minimum atomic E-state index is -1.31. The summed E-state index contributed by atoms with van der Waals surface area (Å²) in [7, 11) is 0. The number of aromatic nitrogens is 2. The topological polar surface area (TPSA) is 282 Å². The zero-order chi connectivity index (χ0) is 50.2. The smallest absolute Gasteiger partial charge is 0.337 e. The van der Waals surface area contributed by atoms with Gasteiger partial charge in [0, 0.05) is 60.0 Å². The van der Waals surface area contributed by atoms with Crippen molar-refractivity contribution in [1.82, 2.24) is 51.9 Å². The van der Waals surface area contributed by atoms with Crippen molar-refractivity contribution in [3.63, 3.8) is 0 Å². The lowest BCUT2D eigenvalue weighted by Crippen LogP contribution is -2.60. The molecule has 1 aliphatic rings. The van der Waals surface area contributed by atoms with E-state index < -0.39 is 77.7 Å². The Morgan fingerprint density at radius 2 is 1.27 bits per heavy atom. The minimum Gasteiger partial charge on any atom is -0.368 e. The second-order valence-electron chi connectivity index (χ2n) is 17.4. The third kappa shape index (κ3) is 14.3. The molecule has 1 aliphatic heterocycles. The van der Waals surface area contributed by atoms with Gasteiger partial charge in [-0.2, -0.15) is 0 Å². The van der Waals surface area contributed by atoms with Crippen LogP contribution >= 0.6 is 0 Å². The van der Waals surface area contributed by atoms with Crippen LogP contribution < -0.4 is 43.5 Å². The van der Waals surface area contributed by atoms with Gasteiger partial charge in [0.2, 0.25) is 29.5 Å². The fourth-order valence-corrected chi connectivity index (χ4v) is 8.05. The van der Waals surface area contributed by atoms with Crippen LogP contribution in [0.15, 0.2) is 104 Å². The van der Waals surface area contributed by atoms with E-state index in [1.807, 2.05) is 59.5 Å². The largest absolute Gasteiger partial charge is 0.368 e. The number of nitrogens with one attached hydrogen (secondary N) is 8. The van der Waals surface area contributed by atoms with Gasteiger partial charge >= 0.3 is 6.03 Å². The highest BCUT2D eigenvalue weighted by molar-refractivity contribution is 5.97. The van der Waals surface area contributed by atoms with Crippen molar-refractivity contribution in [2.24, 2.45) is 11.5 Å². The summed E-state index contributed by atoms with van der Waals surface area (Å²) in [5.74, 6) is 1.66. The fraction of sp³-hybridized carbons (Fsp3) is 0.353. The van der Waals surface area contributed by atoms with Crippen molar-refractivity contribution in [2.75, 3.05) is 26.2 Å². The van der Waals surface area contributed by atoms with Crippen LogP contribution in [0, 0.1) is 11.8 Å². The zero-order valence-corrected chi connectivity index (χ0v) is 39.4. The molecule has 70 heavy (non-hydrogen) atoms. The molecule has 2 aromatic heterocycles. The molecule has 368 valence electrons. The molecule has 0 fully saturated rings. The maximum atomic E-state index is 14.6. The van der Waals surface area contributed by atoms with Gasteiger partial charge in [0.15, 0.2) is 0 Å². The number of primary amides is 1. The van der Waals surface area contributed by atoms with Gasteiger partial charge in [0.1, 0.15) is 36.8 Å². The number of nitrogens with zero attached hydrogens (tertiary/aromatic N) is 2. The number of aromatic amines is 2. The quantitative estimate of drug-likeness (QED) is 0.0679. The molecule has 0 unspecified atom stereocenters. The van der Waals surface area contributed by atoms with E-state index in [9.17, 15) is 33.6 Å². The van der Waals surface area contributed by atoms with Gasteiger partial charge in [-0.05, 0) is 68.5 Å². The molecule has 0 aliphatic carbocycles. The summed E-state index contributed by atoms with van der Waals surface area (Å²) < 4.78 is 0. The Morgan fingerprint density at radius 1 is 0.729 bits per heavy atom. The summed E-state index contributed by atoms with van der Waals surface area (Å²) in [5, 5.41) is 16.4. The summed E-state index contributed by atoms with van der Waals surface area (Å²) in [4.78, 5) is 106. The number of carbonyl (C=O) groups excluding carboxylic acids is 7. The predicted molar refractivity (Wildman–Crippen MR) is 266 cm³/mol. The van der Waals surface area contributed by atoms with E-state index in [2.05, 4.69) is 60.4 Å². The number of fused-ring (bicyclic) bond motifs is 2. The van der Waals surface area contributed by atoms with Crippen LogP contribution in [0.2, 0.25) is 0 Å². The van der Waals surface area contributed by atoms with E-state index in [0.717, 1.165) is 32.4 Å². The first kappa shape index (κ1) is 51.4. The summed E-state index contributed by atoms with van der Waals surface area (Å²) >= 11 is 0. The highest BCUT2D eigenvalue weighted by Crippen LogP contribution is 2.21. The Hall–Kier alpha value is -7.95. The molecule has 0 bridgehead atoms. The first-order valence-corrected chi connectivity index (χ1v) is 23.3. The van der Waals surface area contributed by atoms with Crippen LogP contribution in [0.4, 0.5) is 4.79 Å².